The molecule has 0 aliphatic rings. The molecule has 0 spiro atoms. The maximum absolute atomic E-state index is 13.5. The first kappa shape index (κ1) is 23.8. The van der Waals surface area contributed by atoms with Gasteiger partial charge >= 0.3 is 0 Å². The minimum Gasteiger partial charge on any atom is -0.348 e. The van der Waals surface area contributed by atoms with E-state index in [2.05, 4.69) is 5.32 Å². The Hall–Kier alpha value is -2.83. The topological polar surface area (TPSA) is 66.5 Å². The van der Waals surface area contributed by atoms with Crippen molar-refractivity contribution < 1.29 is 13.2 Å². The number of nitrogens with one attached hydrogen (secondary N) is 1. The summed E-state index contributed by atoms with van der Waals surface area (Å²) in [7, 11) is -3.99. The zero-order valence-electron chi connectivity index (χ0n) is 18.6. The lowest BCUT2D eigenvalue weighted by molar-refractivity contribution is -0.120. The van der Waals surface area contributed by atoms with Crippen molar-refractivity contribution in [3.63, 3.8) is 0 Å². The zero-order chi connectivity index (χ0) is 23.5. The van der Waals surface area contributed by atoms with Gasteiger partial charge in [-0.3, -0.25) is 9.10 Å². The van der Waals surface area contributed by atoms with Crippen LogP contribution < -0.4 is 9.62 Å². The van der Waals surface area contributed by atoms with Crippen LogP contribution in [0.2, 0.25) is 5.02 Å². The van der Waals surface area contributed by atoms with Crippen LogP contribution in [0.15, 0.2) is 71.6 Å². The van der Waals surface area contributed by atoms with Crippen molar-refractivity contribution in [3.8, 4) is 0 Å². The van der Waals surface area contributed by atoms with E-state index in [-0.39, 0.29) is 17.5 Å². The van der Waals surface area contributed by atoms with Gasteiger partial charge in [0.2, 0.25) is 5.91 Å². The highest BCUT2D eigenvalue weighted by Gasteiger charge is 2.28. The molecule has 0 radical (unpaired) electrons. The summed E-state index contributed by atoms with van der Waals surface area (Å²) >= 11 is 5.93. The van der Waals surface area contributed by atoms with Gasteiger partial charge in [0.15, 0.2) is 0 Å². The van der Waals surface area contributed by atoms with Crippen molar-refractivity contribution in [2.24, 2.45) is 0 Å². The van der Waals surface area contributed by atoms with Crippen LogP contribution in [-0.2, 0) is 14.8 Å². The van der Waals surface area contributed by atoms with E-state index in [9.17, 15) is 13.2 Å². The van der Waals surface area contributed by atoms with Gasteiger partial charge in [-0.2, -0.15) is 0 Å². The molecule has 1 amide bonds. The van der Waals surface area contributed by atoms with E-state index in [0.29, 0.717) is 10.7 Å². The Morgan fingerprint density at radius 3 is 2.16 bits per heavy atom. The first-order valence-electron chi connectivity index (χ1n) is 10.3. The molecule has 32 heavy (non-hydrogen) atoms. The van der Waals surface area contributed by atoms with Crippen LogP contribution >= 0.6 is 11.6 Å². The van der Waals surface area contributed by atoms with E-state index in [1.54, 1.807) is 12.1 Å². The third kappa shape index (κ3) is 5.50. The fraction of sp³-hybridized carbons (Fsp3) is 0.240. The number of nitrogens with zero attached hydrogens (tertiary/aromatic N) is 1. The number of carbonyl (C=O) groups is 1. The number of carbonyl (C=O) groups excluding carboxylic acids is 1. The van der Waals surface area contributed by atoms with E-state index >= 15 is 0 Å². The minimum atomic E-state index is -3.99. The summed E-state index contributed by atoms with van der Waals surface area (Å²) in [6.45, 7) is 7.38. The van der Waals surface area contributed by atoms with Crippen molar-refractivity contribution in [1.82, 2.24) is 5.32 Å². The fourth-order valence-electron chi connectivity index (χ4n) is 3.29. The Kier molecular flexibility index (Phi) is 7.26. The lowest BCUT2D eigenvalue weighted by Crippen LogP contribution is -2.41. The number of amides is 1. The molecule has 3 rings (SSSR count). The normalized spacial score (nSPS) is 12.3. The maximum atomic E-state index is 13.5. The van der Waals surface area contributed by atoms with Crippen LogP contribution in [0.5, 0.6) is 0 Å². The second-order valence-electron chi connectivity index (χ2n) is 7.93. The summed E-state index contributed by atoms with van der Waals surface area (Å²) in [5, 5.41) is 3.34. The van der Waals surface area contributed by atoms with Crippen molar-refractivity contribution in [2.45, 2.75) is 38.6 Å². The molecule has 3 aromatic carbocycles. The maximum Gasteiger partial charge on any atom is 0.264 e. The van der Waals surface area contributed by atoms with Gasteiger partial charge in [0.1, 0.15) is 6.54 Å². The predicted molar refractivity (Wildman–Crippen MR) is 130 cm³/mol. The van der Waals surface area contributed by atoms with E-state index in [4.69, 9.17) is 11.6 Å². The number of anilines is 1. The molecule has 5 nitrogen and oxygen atoms in total. The van der Waals surface area contributed by atoms with Crippen molar-refractivity contribution >= 4 is 33.2 Å². The molecule has 0 saturated heterocycles. The standard InChI is InChI=1S/C25H27ClN2O3S/c1-17-5-8-21(9-6-17)20(4)27-25(29)16-28(23-12-7-18(2)19(3)15-23)32(30,31)24-13-10-22(26)11-14-24/h5-15,20H,16H2,1-4H3,(H,27,29)/t20-/m0/s1. The van der Waals surface area contributed by atoms with Crippen LogP contribution in [0.4, 0.5) is 5.69 Å². The Bertz CT molecular complexity index is 1210. The monoisotopic (exact) mass is 470 g/mol. The molecule has 0 unspecified atom stereocenters. The SMILES string of the molecule is Cc1ccc([C@H](C)NC(=O)CN(c2ccc(C)c(C)c2)S(=O)(=O)c2ccc(Cl)cc2)cc1. The van der Waals surface area contributed by atoms with Crippen molar-refractivity contribution in [2.75, 3.05) is 10.8 Å². The van der Waals surface area contributed by atoms with Gasteiger partial charge in [-0.05, 0) is 80.8 Å². The summed E-state index contributed by atoms with van der Waals surface area (Å²) in [6, 6.07) is 18.9. The molecule has 3 aromatic rings. The summed E-state index contributed by atoms with van der Waals surface area (Å²) in [4.78, 5) is 13.0. The average molecular weight is 471 g/mol. The molecule has 0 aromatic heterocycles. The lowest BCUT2D eigenvalue weighted by Gasteiger charge is -2.26. The molecule has 1 N–H and O–H groups in total. The minimum absolute atomic E-state index is 0.0690. The Morgan fingerprint density at radius 1 is 0.938 bits per heavy atom. The van der Waals surface area contributed by atoms with Gasteiger partial charge in [0.25, 0.3) is 10.0 Å². The number of hydrogen-bond acceptors (Lipinski definition) is 3. The molecule has 0 bridgehead atoms. The summed E-state index contributed by atoms with van der Waals surface area (Å²) < 4.78 is 28.1. The lowest BCUT2D eigenvalue weighted by atomic mass is 10.1. The highest BCUT2D eigenvalue weighted by Crippen LogP contribution is 2.26. The smallest absolute Gasteiger partial charge is 0.264 e. The van der Waals surface area contributed by atoms with E-state index in [1.807, 2.05) is 58.0 Å². The first-order chi connectivity index (χ1) is 15.1. The first-order valence-corrected chi connectivity index (χ1v) is 12.1. The van der Waals surface area contributed by atoms with Gasteiger partial charge in [0, 0.05) is 5.02 Å². The summed E-state index contributed by atoms with van der Waals surface area (Å²) in [5.41, 5.74) is 4.48. The van der Waals surface area contributed by atoms with E-state index in [0.717, 1.165) is 26.6 Å². The second kappa shape index (κ2) is 9.76. The third-order valence-corrected chi connectivity index (χ3v) is 7.46. The summed E-state index contributed by atoms with van der Waals surface area (Å²) in [6.07, 6.45) is 0. The Labute approximate surface area is 195 Å². The molecule has 168 valence electrons. The molecule has 0 saturated carbocycles. The molecular weight excluding hydrogens is 444 g/mol. The Balaban J connectivity index is 1.91. The van der Waals surface area contributed by atoms with Gasteiger partial charge in [-0.25, -0.2) is 8.42 Å². The molecule has 7 heteroatoms. The van der Waals surface area contributed by atoms with Crippen LogP contribution in [0.25, 0.3) is 0 Å². The van der Waals surface area contributed by atoms with Gasteiger partial charge in [-0.15, -0.1) is 0 Å². The molecule has 0 fully saturated rings. The number of benzene rings is 3. The zero-order valence-corrected chi connectivity index (χ0v) is 20.2. The van der Waals surface area contributed by atoms with Gasteiger partial charge < -0.3 is 5.32 Å². The molecule has 1 atom stereocenters. The number of hydrogen-bond donors (Lipinski definition) is 1. The van der Waals surface area contributed by atoms with Crippen molar-refractivity contribution in [1.29, 1.82) is 0 Å². The second-order valence-corrected chi connectivity index (χ2v) is 10.2. The van der Waals surface area contributed by atoms with Crippen LogP contribution in [0.3, 0.4) is 0 Å². The number of aryl methyl sites for hydroxylation is 3. The third-order valence-electron chi connectivity index (χ3n) is 5.42. The average Bonchev–Trinajstić information content (AvgIpc) is 2.74. The van der Waals surface area contributed by atoms with Gasteiger partial charge in [-0.1, -0.05) is 47.5 Å². The fourth-order valence-corrected chi connectivity index (χ4v) is 4.82. The predicted octanol–water partition coefficient (Wildman–Crippen LogP) is 5.34. The quantitative estimate of drug-likeness (QED) is 0.507. The largest absolute Gasteiger partial charge is 0.348 e. The number of halogens is 1. The molecule has 0 heterocycles. The van der Waals surface area contributed by atoms with Crippen LogP contribution in [0, 0.1) is 20.8 Å². The highest BCUT2D eigenvalue weighted by atomic mass is 35.5. The van der Waals surface area contributed by atoms with Crippen LogP contribution in [0.1, 0.15) is 35.2 Å². The van der Waals surface area contributed by atoms with E-state index < -0.39 is 15.9 Å². The number of sulfonamides is 1. The van der Waals surface area contributed by atoms with E-state index in [1.165, 1.54) is 24.3 Å². The van der Waals surface area contributed by atoms with Gasteiger partial charge in [0.05, 0.1) is 16.6 Å². The highest BCUT2D eigenvalue weighted by molar-refractivity contribution is 7.92. The molecule has 0 aliphatic carbocycles. The number of rotatable bonds is 7. The summed E-state index contributed by atoms with van der Waals surface area (Å²) in [5.74, 6) is -0.395. The molecule has 0 aliphatic heterocycles. The Morgan fingerprint density at radius 2 is 1.56 bits per heavy atom. The molecular formula is C25H27ClN2O3S. The van der Waals surface area contributed by atoms with Crippen LogP contribution in [-0.4, -0.2) is 20.9 Å². The van der Waals surface area contributed by atoms with Crippen molar-refractivity contribution in [3.05, 3.63) is 94.0 Å².